The summed E-state index contributed by atoms with van der Waals surface area (Å²) in [6.07, 6.45) is 2.29. The summed E-state index contributed by atoms with van der Waals surface area (Å²) >= 11 is 4.83. The average Bonchev–Trinajstić information content (AvgIpc) is 2.51. The lowest BCUT2D eigenvalue weighted by Crippen LogP contribution is -2.49. The molecule has 0 saturated heterocycles. The smallest absolute Gasteiger partial charge is 0.322 e. The molecule has 126 valence electrons. The first-order valence-corrected chi connectivity index (χ1v) is 8.92. The summed E-state index contributed by atoms with van der Waals surface area (Å²) in [6.45, 7) is -0.482. The number of halogens is 1. The van der Waals surface area contributed by atoms with Crippen LogP contribution in [-0.2, 0) is 9.59 Å². The van der Waals surface area contributed by atoms with Crippen molar-refractivity contribution >= 4 is 51.3 Å². The number of anilines is 1. The normalized spacial score (nSPS) is 11.4. The zero-order valence-corrected chi connectivity index (χ0v) is 14.9. The molecule has 0 bridgehead atoms. The van der Waals surface area contributed by atoms with Gasteiger partial charge in [0.05, 0.1) is 0 Å². The number of aliphatic carboxylic acids is 1. The van der Waals surface area contributed by atoms with E-state index in [1.54, 1.807) is 24.3 Å². The molecule has 23 heavy (non-hydrogen) atoms. The number of rotatable bonds is 8. The van der Waals surface area contributed by atoms with Gasteiger partial charge in [0.2, 0.25) is 5.91 Å². The third-order valence-corrected chi connectivity index (χ3v) is 3.92. The second-order valence-corrected chi connectivity index (χ2v) is 6.45. The minimum atomic E-state index is -1.14. The molecule has 1 rings (SSSR count). The van der Waals surface area contributed by atoms with E-state index in [1.165, 1.54) is 11.8 Å². The Kier molecular flexibility index (Phi) is 8.49. The number of benzene rings is 1. The molecule has 4 N–H and O–H groups in total. The molecule has 0 aliphatic rings. The van der Waals surface area contributed by atoms with Crippen molar-refractivity contribution in [2.75, 3.05) is 23.9 Å². The van der Waals surface area contributed by atoms with Crippen LogP contribution in [0.15, 0.2) is 28.7 Å². The highest BCUT2D eigenvalue weighted by atomic mass is 79.9. The van der Waals surface area contributed by atoms with Crippen LogP contribution in [0.3, 0.4) is 0 Å². The monoisotopic (exact) mass is 403 g/mol. The Morgan fingerprint density at radius 3 is 2.48 bits per heavy atom. The van der Waals surface area contributed by atoms with E-state index >= 15 is 0 Å². The largest absolute Gasteiger partial charge is 0.480 e. The number of nitrogens with one attached hydrogen (secondary N) is 3. The Morgan fingerprint density at radius 1 is 1.26 bits per heavy atom. The molecule has 0 spiro atoms. The Labute approximate surface area is 146 Å². The van der Waals surface area contributed by atoms with Crippen LogP contribution in [0.5, 0.6) is 0 Å². The fourth-order valence-electron chi connectivity index (χ4n) is 1.65. The number of carbonyl (C=O) groups excluding carboxylic acids is 2. The van der Waals surface area contributed by atoms with Crippen molar-refractivity contribution in [1.29, 1.82) is 0 Å². The highest BCUT2D eigenvalue weighted by molar-refractivity contribution is 9.10. The van der Waals surface area contributed by atoms with Gasteiger partial charge in [-0.25, -0.2) is 4.79 Å². The summed E-state index contributed by atoms with van der Waals surface area (Å²) in [5.41, 5.74) is 0.584. The van der Waals surface area contributed by atoms with E-state index in [1.807, 2.05) is 6.26 Å². The van der Waals surface area contributed by atoms with Gasteiger partial charge in [-0.05, 0) is 42.7 Å². The number of carbonyl (C=O) groups is 3. The molecule has 0 saturated carbocycles. The first kappa shape index (κ1) is 19.3. The predicted molar refractivity (Wildman–Crippen MR) is 93.7 cm³/mol. The lowest BCUT2D eigenvalue weighted by Gasteiger charge is -2.18. The second-order valence-electron chi connectivity index (χ2n) is 4.55. The van der Waals surface area contributed by atoms with Gasteiger partial charge in [0.15, 0.2) is 0 Å². The van der Waals surface area contributed by atoms with E-state index in [4.69, 9.17) is 5.11 Å². The molecule has 0 aliphatic carbocycles. The van der Waals surface area contributed by atoms with E-state index < -0.39 is 30.5 Å². The molecule has 0 aliphatic heterocycles. The zero-order chi connectivity index (χ0) is 17.2. The lowest BCUT2D eigenvalue weighted by molar-refractivity contribution is -0.138. The van der Waals surface area contributed by atoms with Crippen LogP contribution in [-0.4, -0.2) is 47.6 Å². The predicted octanol–water partition coefficient (Wildman–Crippen LogP) is 1.89. The van der Waals surface area contributed by atoms with Gasteiger partial charge >= 0.3 is 12.0 Å². The molecule has 0 aromatic heterocycles. The first-order valence-electron chi connectivity index (χ1n) is 6.74. The van der Waals surface area contributed by atoms with Gasteiger partial charge in [0.25, 0.3) is 0 Å². The van der Waals surface area contributed by atoms with E-state index in [0.29, 0.717) is 17.9 Å². The standard InChI is InChI=1S/C14H18BrN3O4S/c1-23-7-6-11(13(21)16-8-12(19)20)18-14(22)17-10-4-2-9(15)3-5-10/h2-5,11H,6-8H2,1H3,(H,16,21)(H,19,20)(H2,17,18,22)/t11-/m0/s1. The average molecular weight is 404 g/mol. The number of carboxylic acids is 1. The van der Waals surface area contributed by atoms with Crippen LogP contribution in [0, 0.1) is 0 Å². The molecule has 0 fully saturated rings. The van der Waals surface area contributed by atoms with Crippen molar-refractivity contribution in [3.63, 3.8) is 0 Å². The number of amides is 3. The minimum Gasteiger partial charge on any atom is -0.480 e. The molecule has 3 amide bonds. The number of urea groups is 1. The van der Waals surface area contributed by atoms with Gasteiger partial charge in [0.1, 0.15) is 12.6 Å². The van der Waals surface area contributed by atoms with Crippen LogP contribution < -0.4 is 16.0 Å². The molecule has 7 nitrogen and oxygen atoms in total. The Hall–Kier alpha value is -1.74. The SMILES string of the molecule is CSCC[C@H](NC(=O)Nc1ccc(Br)cc1)C(=O)NCC(=O)O. The quantitative estimate of drug-likeness (QED) is 0.530. The summed E-state index contributed by atoms with van der Waals surface area (Å²) in [6, 6.07) is 5.66. The van der Waals surface area contributed by atoms with E-state index in [0.717, 1.165) is 4.47 Å². The molecule has 1 aromatic rings. The van der Waals surface area contributed by atoms with Gasteiger partial charge in [-0.2, -0.15) is 11.8 Å². The summed E-state index contributed by atoms with van der Waals surface area (Å²) < 4.78 is 0.884. The molecule has 0 unspecified atom stereocenters. The molecule has 9 heteroatoms. The number of hydrogen-bond acceptors (Lipinski definition) is 4. The van der Waals surface area contributed by atoms with Crippen LogP contribution in [0.4, 0.5) is 10.5 Å². The molecule has 1 atom stereocenters. The molecular weight excluding hydrogens is 386 g/mol. The molecular formula is C14H18BrN3O4S. The van der Waals surface area contributed by atoms with E-state index in [-0.39, 0.29) is 0 Å². The Morgan fingerprint density at radius 2 is 1.91 bits per heavy atom. The molecule has 1 aromatic carbocycles. The third-order valence-electron chi connectivity index (χ3n) is 2.75. The maximum atomic E-state index is 12.0. The third kappa shape index (κ3) is 7.89. The maximum Gasteiger partial charge on any atom is 0.322 e. The summed E-state index contributed by atoms with van der Waals surface area (Å²) in [4.78, 5) is 34.4. The summed E-state index contributed by atoms with van der Waals surface area (Å²) in [5.74, 6) is -1.00. The second kappa shape index (κ2) is 10.1. The van der Waals surface area contributed by atoms with Crippen molar-refractivity contribution in [1.82, 2.24) is 10.6 Å². The Bertz CT molecular complexity index is 553. The van der Waals surface area contributed by atoms with Gasteiger partial charge in [-0.3, -0.25) is 9.59 Å². The lowest BCUT2D eigenvalue weighted by atomic mass is 10.2. The van der Waals surface area contributed by atoms with Crippen molar-refractivity contribution < 1.29 is 19.5 Å². The van der Waals surface area contributed by atoms with Gasteiger partial charge in [-0.1, -0.05) is 15.9 Å². The minimum absolute atomic E-state index is 0.403. The maximum absolute atomic E-state index is 12.0. The van der Waals surface area contributed by atoms with Gasteiger partial charge in [-0.15, -0.1) is 0 Å². The van der Waals surface area contributed by atoms with Crippen LogP contribution in [0.1, 0.15) is 6.42 Å². The number of thioether (sulfide) groups is 1. The highest BCUT2D eigenvalue weighted by Gasteiger charge is 2.20. The first-order chi connectivity index (χ1) is 10.9. The van der Waals surface area contributed by atoms with Crippen molar-refractivity contribution in [2.24, 2.45) is 0 Å². The fourth-order valence-corrected chi connectivity index (χ4v) is 2.38. The number of carboxylic acid groups (broad SMARTS) is 1. The van der Waals surface area contributed by atoms with E-state index in [2.05, 4.69) is 31.9 Å². The van der Waals surface area contributed by atoms with Crippen LogP contribution in [0.2, 0.25) is 0 Å². The van der Waals surface area contributed by atoms with Crippen molar-refractivity contribution in [3.8, 4) is 0 Å². The van der Waals surface area contributed by atoms with E-state index in [9.17, 15) is 14.4 Å². The topological polar surface area (TPSA) is 108 Å². The van der Waals surface area contributed by atoms with Crippen molar-refractivity contribution in [3.05, 3.63) is 28.7 Å². The van der Waals surface area contributed by atoms with Crippen LogP contribution in [0.25, 0.3) is 0 Å². The number of hydrogen-bond donors (Lipinski definition) is 4. The zero-order valence-electron chi connectivity index (χ0n) is 12.5. The van der Waals surface area contributed by atoms with Gasteiger partial charge < -0.3 is 21.1 Å². The summed E-state index contributed by atoms with van der Waals surface area (Å²) in [5, 5.41) is 16.0. The van der Waals surface area contributed by atoms with Crippen LogP contribution >= 0.6 is 27.7 Å². The molecule has 0 heterocycles. The molecule has 0 radical (unpaired) electrons. The van der Waals surface area contributed by atoms with Crippen molar-refractivity contribution in [2.45, 2.75) is 12.5 Å². The summed E-state index contributed by atoms with van der Waals surface area (Å²) in [7, 11) is 0. The Balaban J connectivity index is 2.60. The highest BCUT2D eigenvalue weighted by Crippen LogP contribution is 2.14. The van der Waals surface area contributed by atoms with Gasteiger partial charge in [0, 0.05) is 10.2 Å². The fraction of sp³-hybridized carbons (Fsp3) is 0.357.